The van der Waals surface area contributed by atoms with Crippen LogP contribution in [0.25, 0.3) is 0 Å². The molecular formula is C18H35N3. The molecule has 1 saturated carbocycles. The highest BCUT2D eigenvalue weighted by Crippen LogP contribution is 2.25. The maximum Gasteiger partial charge on any atom is 0.0109 e. The van der Waals surface area contributed by atoms with Crippen LogP contribution in [0.5, 0.6) is 0 Å². The number of piperidine rings is 1. The van der Waals surface area contributed by atoms with Crippen molar-refractivity contribution in [2.24, 2.45) is 11.8 Å². The minimum absolute atomic E-state index is 0.955. The third-order valence-electron chi connectivity index (χ3n) is 5.90. The largest absolute Gasteiger partial charge is 0.317 e. The summed E-state index contributed by atoms with van der Waals surface area (Å²) in [6.45, 7) is 10.6. The SMILES string of the molecule is C1CCC(CN2CCCN(CC3CCNCC3)CC2)CC1. The van der Waals surface area contributed by atoms with Gasteiger partial charge in [-0.15, -0.1) is 0 Å². The van der Waals surface area contributed by atoms with Gasteiger partial charge in [0.05, 0.1) is 0 Å². The van der Waals surface area contributed by atoms with E-state index in [0.29, 0.717) is 0 Å². The van der Waals surface area contributed by atoms with E-state index in [4.69, 9.17) is 0 Å². The van der Waals surface area contributed by atoms with Crippen LogP contribution in [-0.4, -0.2) is 62.2 Å². The second-order valence-electron chi connectivity index (χ2n) is 7.65. The van der Waals surface area contributed by atoms with Gasteiger partial charge in [0.2, 0.25) is 0 Å². The van der Waals surface area contributed by atoms with Crippen molar-refractivity contribution in [3.8, 4) is 0 Å². The molecule has 0 aromatic rings. The summed E-state index contributed by atoms with van der Waals surface area (Å²) in [5.74, 6) is 1.96. The monoisotopic (exact) mass is 293 g/mol. The van der Waals surface area contributed by atoms with E-state index in [1.54, 1.807) is 0 Å². The predicted octanol–water partition coefficient (Wildman–Crippen LogP) is 2.57. The van der Waals surface area contributed by atoms with Crippen molar-refractivity contribution in [1.82, 2.24) is 15.1 Å². The number of nitrogens with zero attached hydrogens (tertiary/aromatic N) is 2. The van der Waals surface area contributed by atoms with Gasteiger partial charge in [0.15, 0.2) is 0 Å². The fourth-order valence-electron chi connectivity index (χ4n) is 4.55. The average molecular weight is 293 g/mol. The van der Waals surface area contributed by atoms with Crippen LogP contribution in [0.1, 0.15) is 51.4 Å². The van der Waals surface area contributed by atoms with Gasteiger partial charge in [-0.1, -0.05) is 19.3 Å². The Labute approximate surface area is 131 Å². The van der Waals surface area contributed by atoms with Crippen LogP contribution in [-0.2, 0) is 0 Å². The van der Waals surface area contributed by atoms with E-state index in [-0.39, 0.29) is 0 Å². The van der Waals surface area contributed by atoms with E-state index in [1.807, 2.05) is 0 Å². The summed E-state index contributed by atoms with van der Waals surface area (Å²) in [6.07, 6.45) is 11.6. The lowest BCUT2D eigenvalue weighted by Crippen LogP contribution is -2.38. The Morgan fingerprint density at radius 3 is 1.81 bits per heavy atom. The van der Waals surface area contributed by atoms with Crippen LogP contribution in [0.2, 0.25) is 0 Å². The third kappa shape index (κ3) is 5.22. The molecule has 3 nitrogen and oxygen atoms in total. The molecule has 0 aromatic carbocycles. The van der Waals surface area contributed by atoms with Crippen LogP contribution in [0.3, 0.4) is 0 Å². The molecule has 3 rings (SSSR count). The molecular weight excluding hydrogens is 258 g/mol. The van der Waals surface area contributed by atoms with E-state index < -0.39 is 0 Å². The van der Waals surface area contributed by atoms with Crippen molar-refractivity contribution in [2.75, 3.05) is 52.4 Å². The Bertz CT molecular complexity index is 254. The number of nitrogens with one attached hydrogen (secondary N) is 1. The Morgan fingerprint density at radius 2 is 1.19 bits per heavy atom. The highest BCUT2D eigenvalue weighted by molar-refractivity contribution is 4.77. The number of rotatable bonds is 4. The first-order chi connectivity index (χ1) is 10.4. The van der Waals surface area contributed by atoms with Crippen LogP contribution in [0.4, 0.5) is 0 Å². The van der Waals surface area contributed by atoms with Crippen molar-refractivity contribution in [3.63, 3.8) is 0 Å². The molecule has 1 N–H and O–H groups in total. The van der Waals surface area contributed by atoms with Crippen molar-refractivity contribution in [1.29, 1.82) is 0 Å². The Hall–Kier alpha value is -0.120. The number of hydrogen-bond donors (Lipinski definition) is 1. The lowest BCUT2D eigenvalue weighted by molar-refractivity contribution is 0.187. The van der Waals surface area contributed by atoms with Gasteiger partial charge < -0.3 is 15.1 Å². The summed E-state index contributed by atoms with van der Waals surface area (Å²) in [5, 5.41) is 3.49. The zero-order chi connectivity index (χ0) is 14.3. The fourth-order valence-corrected chi connectivity index (χ4v) is 4.55. The summed E-state index contributed by atoms with van der Waals surface area (Å²) >= 11 is 0. The molecule has 3 aliphatic rings. The standard InChI is InChI=1S/C18H35N3/c1-2-5-17(6-3-1)15-20-11-4-12-21(14-13-20)16-18-7-9-19-10-8-18/h17-19H,1-16H2. The molecule has 0 spiro atoms. The zero-order valence-corrected chi connectivity index (χ0v) is 13.9. The van der Waals surface area contributed by atoms with Crippen molar-refractivity contribution in [2.45, 2.75) is 51.4 Å². The highest BCUT2D eigenvalue weighted by Gasteiger charge is 2.22. The molecule has 2 saturated heterocycles. The molecule has 21 heavy (non-hydrogen) atoms. The molecule has 0 unspecified atom stereocenters. The quantitative estimate of drug-likeness (QED) is 0.859. The molecule has 0 radical (unpaired) electrons. The van der Waals surface area contributed by atoms with Gasteiger partial charge in [-0.3, -0.25) is 0 Å². The molecule has 122 valence electrons. The molecule has 2 heterocycles. The van der Waals surface area contributed by atoms with Crippen LogP contribution >= 0.6 is 0 Å². The lowest BCUT2D eigenvalue weighted by Gasteiger charge is -2.30. The Kier molecular flexibility index (Phi) is 6.38. The molecule has 3 fully saturated rings. The summed E-state index contributed by atoms with van der Waals surface area (Å²) in [4.78, 5) is 5.54. The maximum atomic E-state index is 3.49. The molecule has 2 aliphatic heterocycles. The van der Waals surface area contributed by atoms with Crippen molar-refractivity contribution in [3.05, 3.63) is 0 Å². The van der Waals surface area contributed by atoms with Crippen molar-refractivity contribution >= 4 is 0 Å². The zero-order valence-electron chi connectivity index (χ0n) is 13.9. The maximum absolute atomic E-state index is 3.49. The summed E-state index contributed by atoms with van der Waals surface area (Å²) in [7, 11) is 0. The molecule has 0 aromatic heterocycles. The Morgan fingerprint density at radius 1 is 0.619 bits per heavy atom. The van der Waals surface area contributed by atoms with E-state index in [1.165, 1.54) is 104 Å². The Balaban J connectivity index is 1.38. The molecule has 0 bridgehead atoms. The van der Waals surface area contributed by atoms with Gasteiger partial charge in [0, 0.05) is 26.2 Å². The normalized spacial score (nSPS) is 28.6. The minimum atomic E-state index is 0.955. The van der Waals surface area contributed by atoms with Gasteiger partial charge in [0.1, 0.15) is 0 Å². The summed E-state index contributed by atoms with van der Waals surface area (Å²) in [6, 6.07) is 0. The first kappa shape index (κ1) is 15.8. The summed E-state index contributed by atoms with van der Waals surface area (Å²) in [5.41, 5.74) is 0. The molecule has 1 aliphatic carbocycles. The minimum Gasteiger partial charge on any atom is -0.317 e. The molecule has 3 heteroatoms. The van der Waals surface area contributed by atoms with E-state index in [0.717, 1.165) is 11.8 Å². The van der Waals surface area contributed by atoms with E-state index >= 15 is 0 Å². The molecule has 0 atom stereocenters. The number of hydrogen-bond acceptors (Lipinski definition) is 3. The predicted molar refractivity (Wildman–Crippen MR) is 89.7 cm³/mol. The topological polar surface area (TPSA) is 18.5 Å². The van der Waals surface area contributed by atoms with Gasteiger partial charge in [-0.05, 0) is 70.1 Å². The van der Waals surface area contributed by atoms with E-state index in [2.05, 4.69) is 15.1 Å². The summed E-state index contributed by atoms with van der Waals surface area (Å²) < 4.78 is 0. The third-order valence-corrected chi connectivity index (χ3v) is 5.90. The first-order valence-corrected chi connectivity index (χ1v) is 9.55. The van der Waals surface area contributed by atoms with Crippen LogP contribution in [0, 0.1) is 11.8 Å². The van der Waals surface area contributed by atoms with Crippen molar-refractivity contribution < 1.29 is 0 Å². The van der Waals surface area contributed by atoms with Gasteiger partial charge in [-0.2, -0.15) is 0 Å². The van der Waals surface area contributed by atoms with Gasteiger partial charge >= 0.3 is 0 Å². The fraction of sp³-hybridized carbons (Fsp3) is 1.00. The smallest absolute Gasteiger partial charge is 0.0109 e. The van der Waals surface area contributed by atoms with E-state index in [9.17, 15) is 0 Å². The lowest BCUT2D eigenvalue weighted by atomic mass is 9.89. The second kappa shape index (κ2) is 8.50. The van der Waals surface area contributed by atoms with Crippen LogP contribution in [0.15, 0.2) is 0 Å². The first-order valence-electron chi connectivity index (χ1n) is 9.55. The van der Waals surface area contributed by atoms with Gasteiger partial charge in [0.25, 0.3) is 0 Å². The van der Waals surface area contributed by atoms with Gasteiger partial charge in [-0.25, -0.2) is 0 Å². The molecule has 0 amide bonds. The second-order valence-corrected chi connectivity index (χ2v) is 7.65. The van der Waals surface area contributed by atoms with Crippen LogP contribution < -0.4 is 5.32 Å². The average Bonchev–Trinajstić information content (AvgIpc) is 2.75. The highest BCUT2D eigenvalue weighted by atomic mass is 15.2.